The molecule has 7 nitrogen and oxygen atoms in total. The summed E-state index contributed by atoms with van der Waals surface area (Å²) in [6.07, 6.45) is 1.43. The Morgan fingerprint density at radius 2 is 2.00 bits per heavy atom. The van der Waals surface area contributed by atoms with Crippen LogP contribution < -0.4 is 15.1 Å². The molecule has 9 heteroatoms. The van der Waals surface area contributed by atoms with E-state index in [1.54, 1.807) is 29.8 Å². The molecule has 1 saturated heterocycles. The van der Waals surface area contributed by atoms with Crippen molar-refractivity contribution in [2.75, 3.05) is 35.2 Å². The molecule has 3 aromatic rings. The molecule has 0 spiro atoms. The summed E-state index contributed by atoms with van der Waals surface area (Å²) in [5.74, 6) is -0.644. The van der Waals surface area contributed by atoms with Gasteiger partial charge < -0.3 is 15.1 Å². The van der Waals surface area contributed by atoms with Crippen LogP contribution in [-0.4, -0.2) is 41.7 Å². The van der Waals surface area contributed by atoms with E-state index in [0.717, 1.165) is 36.8 Å². The largest absolute Gasteiger partial charge is 0.369 e. The van der Waals surface area contributed by atoms with Gasteiger partial charge in [0.2, 0.25) is 5.91 Å². The van der Waals surface area contributed by atoms with Gasteiger partial charge in [-0.1, -0.05) is 30.7 Å². The zero-order valence-corrected chi connectivity index (χ0v) is 21.7. The molecule has 2 unspecified atom stereocenters. The van der Waals surface area contributed by atoms with E-state index in [-0.39, 0.29) is 22.7 Å². The first-order valence-electron chi connectivity index (χ1n) is 14.0. The van der Waals surface area contributed by atoms with Crippen LogP contribution in [0.1, 0.15) is 54.1 Å². The van der Waals surface area contributed by atoms with Gasteiger partial charge in [0, 0.05) is 48.3 Å². The van der Waals surface area contributed by atoms with Crippen LogP contribution in [0.15, 0.2) is 42.5 Å². The Kier molecular flexibility index (Phi) is 5.75. The smallest absolute Gasteiger partial charge is 0.262 e. The van der Waals surface area contributed by atoms with Crippen molar-refractivity contribution in [1.82, 2.24) is 9.78 Å². The molecule has 2 fully saturated rings. The van der Waals surface area contributed by atoms with Gasteiger partial charge >= 0.3 is 0 Å². The Balaban J connectivity index is 1.65. The third-order valence-corrected chi connectivity index (χ3v) is 7.34. The first-order valence-corrected chi connectivity index (χ1v) is 12.8. The maximum absolute atomic E-state index is 14.8. The van der Waals surface area contributed by atoms with Gasteiger partial charge in [0.15, 0.2) is 5.82 Å². The lowest BCUT2D eigenvalue weighted by atomic mass is 10.1. The lowest BCUT2D eigenvalue weighted by Crippen LogP contribution is -2.31. The summed E-state index contributed by atoms with van der Waals surface area (Å²) in [4.78, 5) is 28.4. The van der Waals surface area contributed by atoms with Crippen LogP contribution in [0.3, 0.4) is 0 Å². The minimum Gasteiger partial charge on any atom is -0.369 e. The highest BCUT2D eigenvalue weighted by Gasteiger charge is 2.45. The summed E-state index contributed by atoms with van der Waals surface area (Å²) < 4.78 is 41.3. The number of rotatable bonds is 7. The lowest BCUT2D eigenvalue weighted by molar-refractivity contribution is -0.115. The van der Waals surface area contributed by atoms with Crippen molar-refractivity contribution in [3.63, 3.8) is 0 Å². The lowest BCUT2D eigenvalue weighted by Gasteiger charge is -2.29. The van der Waals surface area contributed by atoms with Gasteiger partial charge in [0.05, 0.1) is 27.7 Å². The molecule has 2 heterocycles. The van der Waals surface area contributed by atoms with Crippen LogP contribution >= 0.6 is 11.6 Å². The van der Waals surface area contributed by atoms with E-state index in [0.29, 0.717) is 34.7 Å². The third-order valence-electron chi connectivity index (χ3n) is 7.02. The molecule has 2 aliphatic rings. The molecule has 1 aromatic heterocycles. The Labute approximate surface area is 225 Å². The van der Waals surface area contributed by atoms with E-state index < -0.39 is 24.3 Å². The summed E-state index contributed by atoms with van der Waals surface area (Å²) in [7, 11) is 0. The Bertz CT molecular complexity index is 1440. The fourth-order valence-corrected chi connectivity index (χ4v) is 5.18. The second kappa shape index (κ2) is 9.82. The average Bonchev–Trinajstić information content (AvgIpc) is 3.27. The molecule has 1 aliphatic carbocycles. The Morgan fingerprint density at radius 3 is 2.65 bits per heavy atom. The van der Waals surface area contributed by atoms with E-state index >= 15 is 0 Å². The summed E-state index contributed by atoms with van der Waals surface area (Å²) in [6.45, 7) is 4.24. The van der Waals surface area contributed by atoms with Crippen LogP contribution in [0.4, 0.5) is 21.6 Å². The zero-order valence-electron chi connectivity index (χ0n) is 24.0. The van der Waals surface area contributed by atoms with Crippen LogP contribution in [0.5, 0.6) is 0 Å². The molecule has 0 radical (unpaired) electrons. The van der Waals surface area contributed by atoms with Crippen molar-refractivity contribution < 1.29 is 18.1 Å². The van der Waals surface area contributed by atoms with Gasteiger partial charge in [-0.15, -0.1) is 0 Å². The highest BCUT2D eigenvalue weighted by atomic mass is 35.5. The minimum absolute atomic E-state index is 0.0338. The van der Waals surface area contributed by atoms with Crippen LogP contribution in [0, 0.1) is 17.7 Å². The van der Waals surface area contributed by atoms with Crippen molar-refractivity contribution in [3.8, 4) is 11.3 Å². The number of nitrogens with zero attached hydrogens (tertiary/aromatic N) is 4. The molecule has 2 amide bonds. The molecule has 1 aliphatic heterocycles. The summed E-state index contributed by atoms with van der Waals surface area (Å²) >= 11 is 6.18. The van der Waals surface area contributed by atoms with E-state index in [2.05, 4.69) is 15.3 Å². The molecule has 1 N–H and O–H groups in total. The fourth-order valence-electron chi connectivity index (χ4n) is 4.94. The van der Waals surface area contributed by atoms with E-state index in [4.69, 9.17) is 15.7 Å². The van der Waals surface area contributed by atoms with Gasteiger partial charge in [-0.25, -0.2) is 4.39 Å². The van der Waals surface area contributed by atoms with Crippen molar-refractivity contribution in [2.45, 2.75) is 39.7 Å². The number of carbonyl (C=O) groups excluding carboxylic acids is 2. The predicted octanol–water partition coefficient (Wildman–Crippen LogP) is 6.00. The Morgan fingerprint density at radius 1 is 1.24 bits per heavy atom. The minimum atomic E-state index is -2.92. The Hall–Kier alpha value is -3.39. The highest BCUT2D eigenvalue weighted by molar-refractivity contribution is 6.34. The van der Waals surface area contributed by atoms with Gasteiger partial charge in [-0.3, -0.25) is 14.3 Å². The average molecular weight is 527 g/mol. The fraction of sp³-hybridized carbons (Fsp3) is 0.393. The number of benzene rings is 2. The quantitative estimate of drug-likeness (QED) is 0.409. The van der Waals surface area contributed by atoms with E-state index in [9.17, 15) is 14.0 Å². The number of hydrogen-bond donors (Lipinski definition) is 1. The number of anilines is 3. The monoisotopic (exact) mass is 526 g/mol. The van der Waals surface area contributed by atoms with Crippen molar-refractivity contribution >= 4 is 40.6 Å². The molecule has 2 atom stereocenters. The van der Waals surface area contributed by atoms with Gasteiger partial charge in [-0.05, 0) is 56.4 Å². The van der Waals surface area contributed by atoms with E-state index in [1.165, 1.54) is 12.1 Å². The number of nitrogens with one attached hydrogen (secondary N) is 1. The number of carbonyl (C=O) groups is 2. The number of halogens is 2. The normalized spacial score (nSPS) is 19.7. The summed E-state index contributed by atoms with van der Waals surface area (Å²) in [6, 6.07) is 10.7. The van der Waals surface area contributed by atoms with E-state index in [1.807, 2.05) is 19.9 Å². The summed E-state index contributed by atoms with van der Waals surface area (Å²) in [5, 5.41) is 7.20. The zero-order chi connectivity index (χ0) is 28.9. The molecule has 194 valence electrons. The third kappa shape index (κ3) is 4.82. The van der Waals surface area contributed by atoms with Crippen LogP contribution in [0.2, 0.25) is 5.02 Å². The number of aromatic nitrogens is 2. The number of fused-ring (bicyclic) bond motifs is 1. The predicted molar refractivity (Wildman–Crippen MR) is 145 cm³/mol. The second-order valence-electron chi connectivity index (χ2n) is 9.96. The second-order valence-corrected chi connectivity index (χ2v) is 10.4. The topological polar surface area (TPSA) is 70.5 Å². The number of amides is 2. The summed E-state index contributed by atoms with van der Waals surface area (Å²) in [5.41, 5.74) is 1.66. The first kappa shape index (κ1) is 21.7. The van der Waals surface area contributed by atoms with Gasteiger partial charge in [0.25, 0.3) is 5.91 Å². The standard InChI is InChI=1S/C28H31ClFN5O2/c1-5-26(36)31-25-13-23(35(32-25)16(2)3)17-9-10-22(24(12-17)34-14-18-11-19(18)15-34)33(4)28(37)27-20(29)7-6-8-21(27)30/h6-10,12-13,16,18-19H,5,11,14-15H2,1-4H3,(H,31,32,36)/i4D3. The molecule has 1 saturated carbocycles. The molecular weight excluding hydrogens is 493 g/mol. The van der Waals surface area contributed by atoms with Crippen molar-refractivity contribution in [3.05, 3.63) is 58.9 Å². The maximum Gasteiger partial charge on any atom is 0.262 e. The molecule has 37 heavy (non-hydrogen) atoms. The van der Waals surface area contributed by atoms with Gasteiger partial charge in [0.1, 0.15) is 5.82 Å². The molecular formula is C28H31ClFN5O2. The van der Waals surface area contributed by atoms with Crippen molar-refractivity contribution in [1.29, 1.82) is 0 Å². The van der Waals surface area contributed by atoms with Gasteiger partial charge in [-0.2, -0.15) is 5.10 Å². The molecule has 0 bridgehead atoms. The van der Waals surface area contributed by atoms with Crippen molar-refractivity contribution in [2.24, 2.45) is 11.8 Å². The number of piperidine rings is 1. The van der Waals surface area contributed by atoms with Crippen LogP contribution in [0.25, 0.3) is 11.3 Å². The first-order chi connectivity index (χ1) is 18.9. The highest BCUT2D eigenvalue weighted by Crippen LogP contribution is 2.48. The maximum atomic E-state index is 14.8. The SMILES string of the molecule is [2H]C([2H])([2H])N(C(=O)c1c(F)cccc1Cl)c1ccc(-c2cc(NC(=O)CC)nn2C(C)C)cc1N1CC2CC2C1. The number of hydrogen-bond acceptors (Lipinski definition) is 4. The molecule has 5 rings (SSSR count). The van der Waals surface area contributed by atoms with Crippen LogP contribution in [-0.2, 0) is 4.79 Å². The molecule has 2 aromatic carbocycles.